The van der Waals surface area contributed by atoms with E-state index in [0.29, 0.717) is 18.6 Å². The quantitative estimate of drug-likeness (QED) is 0.385. The number of benzene rings is 3. The summed E-state index contributed by atoms with van der Waals surface area (Å²) >= 11 is 0. The van der Waals surface area contributed by atoms with Gasteiger partial charge in [-0.3, -0.25) is 4.90 Å². The van der Waals surface area contributed by atoms with Crippen LogP contribution in [0, 0.1) is 5.92 Å². The number of nitrogens with zero attached hydrogens (tertiary/aromatic N) is 1. The Labute approximate surface area is 213 Å². The first kappa shape index (κ1) is 23.2. The molecule has 6 rings (SSSR count). The highest BCUT2D eigenvalue weighted by atomic mass is 16.5. The molecule has 36 heavy (non-hydrogen) atoms. The van der Waals surface area contributed by atoms with E-state index in [1.807, 2.05) is 18.2 Å². The third-order valence-electron chi connectivity index (χ3n) is 8.13. The topological polar surface area (TPSA) is 40.2 Å². The number of ether oxygens (including phenoxy) is 4. The lowest BCUT2D eigenvalue weighted by molar-refractivity contribution is 0.153. The van der Waals surface area contributed by atoms with Gasteiger partial charge in [0.2, 0.25) is 0 Å². The van der Waals surface area contributed by atoms with Crippen molar-refractivity contribution in [3.05, 3.63) is 82.4 Å². The fraction of sp³-hybridized carbons (Fsp3) is 0.419. The summed E-state index contributed by atoms with van der Waals surface area (Å²) in [6.45, 7) is 3.19. The molecule has 0 radical (unpaired) electrons. The first-order chi connectivity index (χ1) is 17.7. The van der Waals surface area contributed by atoms with Crippen molar-refractivity contribution in [1.29, 1.82) is 0 Å². The van der Waals surface area contributed by atoms with Crippen LogP contribution in [0.2, 0.25) is 0 Å². The molecule has 5 heteroatoms. The van der Waals surface area contributed by atoms with Crippen LogP contribution in [-0.4, -0.2) is 32.3 Å². The summed E-state index contributed by atoms with van der Waals surface area (Å²) < 4.78 is 24.1. The third-order valence-corrected chi connectivity index (χ3v) is 8.13. The molecule has 2 aliphatic heterocycles. The van der Waals surface area contributed by atoms with Crippen molar-refractivity contribution in [2.24, 2.45) is 5.92 Å². The Morgan fingerprint density at radius 3 is 2.44 bits per heavy atom. The van der Waals surface area contributed by atoms with E-state index in [4.69, 9.17) is 18.9 Å². The maximum absolute atomic E-state index is 6.39. The van der Waals surface area contributed by atoms with Crippen molar-refractivity contribution in [3.8, 4) is 23.0 Å². The predicted octanol–water partition coefficient (Wildman–Crippen LogP) is 6.12. The number of hydrogen-bond acceptors (Lipinski definition) is 5. The molecule has 0 amide bonds. The summed E-state index contributed by atoms with van der Waals surface area (Å²) in [6, 6.07) is 19.4. The van der Waals surface area contributed by atoms with Crippen molar-refractivity contribution < 1.29 is 18.9 Å². The monoisotopic (exact) mass is 485 g/mol. The minimum atomic E-state index is 0.325. The highest BCUT2D eigenvalue weighted by molar-refractivity contribution is 5.55. The smallest absolute Gasteiger partial charge is 0.166 e. The zero-order valence-electron chi connectivity index (χ0n) is 21.3. The van der Waals surface area contributed by atoms with Gasteiger partial charge in [0.1, 0.15) is 6.61 Å². The SMILES string of the molecule is COc1cc2c(cc1OCC1CCC1)CCN1Cc3c(ccc(OC)c3OCc3ccccc3)CC21. The molecule has 188 valence electrons. The molecule has 1 atom stereocenters. The van der Waals surface area contributed by atoms with Gasteiger partial charge in [-0.1, -0.05) is 42.8 Å². The summed E-state index contributed by atoms with van der Waals surface area (Å²) in [5.41, 5.74) is 6.48. The minimum Gasteiger partial charge on any atom is -0.493 e. The molecule has 0 bridgehead atoms. The zero-order chi connectivity index (χ0) is 24.5. The predicted molar refractivity (Wildman–Crippen MR) is 140 cm³/mol. The molecule has 3 aliphatic rings. The standard InChI is InChI=1S/C31H35NO4/c1-33-28-12-11-23-15-27-25-17-29(34-2)30(35-19-22-9-6-10-22)16-24(25)13-14-32(27)18-26(23)31(28)36-20-21-7-4-3-5-8-21/h3-5,7-8,11-12,16-17,22,27H,6,9-10,13-15,18-20H2,1-2H3. The van der Waals surface area contributed by atoms with Crippen LogP contribution in [0.1, 0.15) is 53.1 Å². The van der Waals surface area contributed by atoms with Gasteiger partial charge < -0.3 is 18.9 Å². The summed E-state index contributed by atoms with van der Waals surface area (Å²) in [6.07, 6.45) is 5.85. The van der Waals surface area contributed by atoms with Crippen molar-refractivity contribution in [1.82, 2.24) is 4.90 Å². The van der Waals surface area contributed by atoms with Crippen LogP contribution in [-0.2, 0) is 26.0 Å². The highest BCUT2D eigenvalue weighted by Crippen LogP contribution is 2.46. The molecular weight excluding hydrogens is 450 g/mol. The van der Waals surface area contributed by atoms with E-state index >= 15 is 0 Å². The summed E-state index contributed by atoms with van der Waals surface area (Å²) in [5.74, 6) is 4.12. The minimum absolute atomic E-state index is 0.325. The molecule has 3 aromatic rings. The number of methoxy groups -OCH3 is 2. The summed E-state index contributed by atoms with van der Waals surface area (Å²) in [5, 5.41) is 0. The average molecular weight is 486 g/mol. The number of hydrogen-bond donors (Lipinski definition) is 0. The first-order valence-corrected chi connectivity index (χ1v) is 13.2. The van der Waals surface area contributed by atoms with Gasteiger partial charge in [-0.15, -0.1) is 0 Å². The Kier molecular flexibility index (Phi) is 6.49. The van der Waals surface area contributed by atoms with Crippen molar-refractivity contribution in [2.75, 3.05) is 27.4 Å². The van der Waals surface area contributed by atoms with Crippen LogP contribution in [0.15, 0.2) is 54.6 Å². The van der Waals surface area contributed by atoms with Gasteiger partial charge in [0, 0.05) is 24.7 Å². The van der Waals surface area contributed by atoms with E-state index in [-0.39, 0.29) is 0 Å². The molecule has 1 saturated carbocycles. The van der Waals surface area contributed by atoms with Crippen LogP contribution in [0.25, 0.3) is 0 Å². The second-order valence-corrected chi connectivity index (χ2v) is 10.3. The van der Waals surface area contributed by atoms with E-state index in [9.17, 15) is 0 Å². The molecule has 0 aromatic heterocycles. The van der Waals surface area contributed by atoms with Gasteiger partial charge in [-0.25, -0.2) is 0 Å². The van der Waals surface area contributed by atoms with Crippen LogP contribution < -0.4 is 18.9 Å². The molecule has 3 aromatic carbocycles. The van der Waals surface area contributed by atoms with Crippen LogP contribution >= 0.6 is 0 Å². The molecular formula is C31H35NO4. The van der Waals surface area contributed by atoms with Crippen molar-refractivity contribution >= 4 is 0 Å². The van der Waals surface area contributed by atoms with Crippen LogP contribution in [0.5, 0.6) is 23.0 Å². The molecule has 1 aliphatic carbocycles. The van der Waals surface area contributed by atoms with Gasteiger partial charge in [-0.2, -0.15) is 0 Å². The number of rotatable bonds is 8. The van der Waals surface area contributed by atoms with Gasteiger partial charge in [0.25, 0.3) is 0 Å². The van der Waals surface area contributed by atoms with Gasteiger partial charge in [0.15, 0.2) is 23.0 Å². The second-order valence-electron chi connectivity index (χ2n) is 10.3. The second kappa shape index (κ2) is 10.1. The Morgan fingerprint density at radius 1 is 0.861 bits per heavy atom. The van der Waals surface area contributed by atoms with Crippen LogP contribution in [0.4, 0.5) is 0 Å². The normalized spacial score (nSPS) is 18.9. The zero-order valence-corrected chi connectivity index (χ0v) is 21.3. The molecule has 0 saturated heterocycles. The highest BCUT2D eigenvalue weighted by Gasteiger charge is 2.35. The Hall–Kier alpha value is -3.18. The van der Waals surface area contributed by atoms with Crippen molar-refractivity contribution in [2.45, 2.75) is 51.3 Å². The van der Waals surface area contributed by atoms with E-state index in [2.05, 4.69) is 41.3 Å². The molecule has 2 heterocycles. The molecule has 5 nitrogen and oxygen atoms in total. The van der Waals surface area contributed by atoms with E-state index < -0.39 is 0 Å². The lowest BCUT2D eigenvalue weighted by Crippen LogP contribution is -2.39. The van der Waals surface area contributed by atoms with Crippen LogP contribution in [0.3, 0.4) is 0 Å². The fourth-order valence-electron chi connectivity index (χ4n) is 5.80. The van der Waals surface area contributed by atoms with E-state index in [1.165, 1.54) is 41.5 Å². The average Bonchev–Trinajstić information content (AvgIpc) is 2.89. The fourth-order valence-corrected chi connectivity index (χ4v) is 5.80. The van der Waals surface area contributed by atoms with Gasteiger partial charge >= 0.3 is 0 Å². The largest absolute Gasteiger partial charge is 0.493 e. The Balaban J connectivity index is 1.27. The lowest BCUT2D eigenvalue weighted by atomic mass is 9.83. The molecule has 1 fully saturated rings. The third kappa shape index (κ3) is 4.41. The Bertz CT molecular complexity index is 1220. The van der Waals surface area contributed by atoms with Gasteiger partial charge in [0.05, 0.1) is 20.8 Å². The van der Waals surface area contributed by atoms with Gasteiger partial charge in [-0.05, 0) is 72.1 Å². The summed E-state index contributed by atoms with van der Waals surface area (Å²) in [7, 11) is 3.47. The Morgan fingerprint density at radius 2 is 1.69 bits per heavy atom. The first-order valence-electron chi connectivity index (χ1n) is 13.2. The van der Waals surface area contributed by atoms with Crippen molar-refractivity contribution in [3.63, 3.8) is 0 Å². The number of fused-ring (bicyclic) bond motifs is 4. The molecule has 1 unspecified atom stereocenters. The van der Waals surface area contributed by atoms with E-state index in [0.717, 1.165) is 61.1 Å². The molecule has 0 N–H and O–H groups in total. The maximum Gasteiger partial charge on any atom is 0.166 e. The lowest BCUT2D eigenvalue weighted by Gasteiger charge is -2.42. The van der Waals surface area contributed by atoms with E-state index in [1.54, 1.807) is 14.2 Å². The maximum atomic E-state index is 6.39. The summed E-state index contributed by atoms with van der Waals surface area (Å²) in [4.78, 5) is 2.58. The molecule has 0 spiro atoms.